The molecule has 0 aliphatic carbocycles. The van der Waals surface area contributed by atoms with E-state index in [2.05, 4.69) is 10.3 Å². The number of fused-ring (bicyclic) bond motifs is 2. The molecular weight excluding hydrogens is 260 g/mol. The van der Waals surface area contributed by atoms with E-state index in [1.54, 1.807) is 12.4 Å². The first-order chi connectivity index (χ1) is 10.3. The highest BCUT2D eigenvalue weighted by molar-refractivity contribution is 6.16. The summed E-state index contributed by atoms with van der Waals surface area (Å²) in [6.45, 7) is 0.950. The molecule has 3 heteroatoms. The molecule has 1 aromatic heterocycles. The van der Waals surface area contributed by atoms with Gasteiger partial charge < -0.3 is 5.32 Å². The third-order valence-electron chi connectivity index (χ3n) is 4.01. The number of hydrogen-bond acceptors (Lipinski definition) is 3. The van der Waals surface area contributed by atoms with Crippen molar-refractivity contribution in [3.05, 3.63) is 71.5 Å². The fourth-order valence-electron chi connectivity index (χ4n) is 2.90. The van der Waals surface area contributed by atoms with Crippen LogP contribution in [0.15, 0.2) is 54.9 Å². The highest BCUT2D eigenvalue weighted by Crippen LogP contribution is 2.26. The third-order valence-corrected chi connectivity index (χ3v) is 4.01. The average molecular weight is 274 g/mol. The minimum absolute atomic E-state index is 0.0464. The van der Waals surface area contributed by atoms with Crippen molar-refractivity contribution in [2.24, 2.45) is 0 Å². The number of anilines is 1. The van der Waals surface area contributed by atoms with E-state index in [0.717, 1.165) is 35.0 Å². The van der Waals surface area contributed by atoms with Crippen LogP contribution in [0.1, 0.15) is 21.5 Å². The van der Waals surface area contributed by atoms with Crippen LogP contribution in [-0.2, 0) is 6.42 Å². The number of benzene rings is 2. The Morgan fingerprint density at radius 1 is 1.14 bits per heavy atom. The van der Waals surface area contributed by atoms with Crippen LogP contribution in [0.4, 0.5) is 5.69 Å². The van der Waals surface area contributed by atoms with Gasteiger partial charge in [0, 0.05) is 41.1 Å². The summed E-state index contributed by atoms with van der Waals surface area (Å²) in [5.74, 6) is 0.0464. The van der Waals surface area contributed by atoms with Crippen LogP contribution in [0.5, 0.6) is 0 Å². The van der Waals surface area contributed by atoms with Gasteiger partial charge in [0.1, 0.15) is 0 Å². The minimum Gasteiger partial charge on any atom is -0.384 e. The van der Waals surface area contributed by atoms with E-state index in [1.807, 2.05) is 42.5 Å². The number of ketones is 1. The standard InChI is InChI=1S/C18H14N2O/c21-18(14-5-4-13-7-9-20-17(13)10-14)15-3-1-2-12-6-8-19-11-16(12)15/h1-6,8,10-11,20H,7,9H2. The Labute approximate surface area is 122 Å². The average Bonchev–Trinajstić information content (AvgIpc) is 3.01. The number of pyridine rings is 1. The van der Waals surface area contributed by atoms with Crippen molar-refractivity contribution in [3.63, 3.8) is 0 Å². The first kappa shape index (κ1) is 12.1. The van der Waals surface area contributed by atoms with Crippen LogP contribution in [0.25, 0.3) is 10.8 Å². The monoisotopic (exact) mass is 274 g/mol. The number of aromatic nitrogens is 1. The maximum absolute atomic E-state index is 12.8. The molecule has 0 unspecified atom stereocenters. The van der Waals surface area contributed by atoms with Crippen molar-refractivity contribution in [1.29, 1.82) is 0 Å². The maximum Gasteiger partial charge on any atom is 0.193 e. The molecule has 4 rings (SSSR count). The van der Waals surface area contributed by atoms with E-state index in [9.17, 15) is 4.79 Å². The quantitative estimate of drug-likeness (QED) is 0.728. The Kier molecular flexibility index (Phi) is 2.71. The summed E-state index contributed by atoms with van der Waals surface area (Å²) < 4.78 is 0. The van der Waals surface area contributed by atoms with Crippen LogP contribution in [-0.4, -0.2) is 17.3 Å². The number of nitrogens with zero attached hydrogens (tertiary/aromatic N) is 1. The Hall–Kier alpha value is -2.68. The van der Waals surface area contributed by atoms with Crippen LogP contribution in [0.2, 0.25) is 0 Å². The van der Waals surface area contributed by atoms with Gasteiger partial charge in [0.25, 0.3) is 0 Å². The highest BCUT2D eigenvalue weighted by atomic mass is 16.1. The van der Waals surface area contributed by atoms with Crippen LogP contribution >= 0.6 is 0 Å². The topological polar surface area (TPSA) is 42.0 Å². The zero-order valence-corrected chi connectivity index (χ0v) is 11.5. The van der Waals surface area contributed by atoms with Gasteiger partial charge in [0.05, 0.1) is 0 Å². The minimum atomic E-state index is 0.0464. The molecule has 0 spiro atoms. The van der Waals surface area contributed by atoms with Gasteiger partial charge in [-0.15, -0.1) is 0 Å². The fraction of sp³-hybridized carbons (Fsp3) is 0.111. The van der Waals surface area contributed by atoms with Crippen molar-refractivity contribution < 1.29 is 4.79 Å². The zero-order valence-electron chi connectivity index (χ0n) is 11.5. The Morgan fingerprint density at radius 3 is 3.05 bits per heavy atom. The molecule has 21 heavy (non-hydrogen) atoms. The smallest absolute Gasteiger partial charge is 0.193 e. The SMILES string of the molecule is O=C(c1ccc2c(c1)NCC2)c1cccc2ccncc12. The van der Waals surface area contributed by atoms with E-state index >= 15 is 0 Å². The van der Waals surface area contributed by atoms with E-state index in [-0.39, 0.29) is 5.78 Å². The summed E-state index contributed by atoms with van der Waals surface area (Å²) >= 11 is 0. The number of carbonyl (C=O) groups is 1. The van der Waals surface area contributed by atoms with E-state index < -0.39 is 0 Å². The van der Waals surface area contributed by atoms with Crippen LogP contribution in [0, 0.1) is 0 Å². The molecular formula is C18H14N2O. The van der Waals surface area contributed by atoms with E-state index in [4.69, 9.17) is 0 Å². The molecule has 3 aromatic rings. The van der Waals surface area contributed by atoms with Crippen LogP contribution in [0.3, 0.4) is 0 Å². The van der Waals surface area contributed by atoms with Gasteiger partial charge in [-0.3, -0.25) is 9.78 Å². The van der Waals surface area contributed by atoms with E-state index in [1.165, 1.54) is 5.56 Å². The van der Waals surface area contributed by atoms with Gasteiger partial charge in [0.2, 0.25) is 0 Å². The fourth-order valence-corrected chi connectivity index (χ4v) is 2.90. The van der Waals surface area contributed by atoms with Crippen molar-refractivity contribution in [2.45, 2.75) is 6.42 Å². The molecule has 2 aromatic carbocycles. The second-order valence-corrected chi connectivity index (χ2v) is 5.28. The summed E-state index contributed by atoms with van der Waals surface area (Å²) in [5.41, 5.74) is 3.79. The van der Waals surface area contributed by atoms with Gasteiger partial charge in [-0.05, 0) is 29.5 Å². The molecule has 0 saturated carbocycles. The summed E-state index contributed by atoms with van der Waals surface area (Å²) in [7, 11) is 0. The normalized spacial score (nSPS) is 13.0. The lowest BCUT2D eigenvalue weighted by Crippen LogP contribution is -2.03. The second kappa shape index (κ2) is 4.70. The Bertz CT molecular complexity index is 849. The van der Waals surface area contributed by atoms with Gasteiger partial charge in [-0.25, -0.2) is 0 Å². The third kappa shape index (κ3) is 1.98. The number of hydrogen-bond donors (Lipinski definition) is 1. The number of carbonyl (C=O) groups excluding carboxylic acids is 1. The first-order valence-corrected chi connectivity index (χ1v) is 7.07. The highest BCUT2D eigenvalue weighted by Gasteiger charge is 2.16. The molecule has 0 saturated heterocycles. The predicted octanol–water partition coefficient (Wildman–Crippen LogP) is 3.43. The predicted molar refractivity (Wildman–Crippen MR) is 83.8 cm³/mol. The van der Waals surface area contributed by atoms with Gasteiger partial charge in [-0.1, -0.05) is 30.3 Å². The lowest BCUT2D eigenvalue weighted by Gasteiger charge is -2.07. The van der Waals surface area contributed by atoms with Gasteiger partial charge in [0.15, 0.2) is 5.78 Å². The first-order valence-electron chi connectivity index (χ1n) is 7.07. The van der Waals surface area contributed by atoms with E-state index in [0.29, 0.717) is 5.56 Å². The molecule has 0 radical (unpaired) electrons. The van der Waals surface area contributed by atoms with Crippen molar-refractivity contribution in [1.82, 2.24) is 4.98 Å². The number of rotatable bonds is 2. The molecule has 1 aliphatic heterocycles. The second-order valence-electron chi connectivity index (χ2n) is 5.28. The van der Waals surface area contributed by atoms with Crippen molar-refractivity contribution in [3.8, 4) is 0 Å². The molecule has 0 atom stereocenters. The molecule has 102 valence electrons. The van der Waals surface area contributed by atoms with Gasteiger partial charge >= 0.3 is 0 Å². The summed E-state index contributed by atoms with van der Waals surface area (Å²) in [4.78, 5) is 16.9. The van der Waals surface area contributed by atoms with Gasteiger partial charge in [-0.2, -0.15) is 0 Å². The number of nitrogens with one attached hydrogen (secondary N) is 1. The van der Waals surface area contributed by atoms with Crippen molar-refractivity contribution in [2.75, 3.05) is 11.9 Å². The molecule has 0 bridgehead atoms. The summed E-state index contributed by atoms with van der Waals surface area (Å²) in [6, 6.07) is 13.6. The summed E-state index contributed by atoms with van der Waals surface area (Å²) in [5, 5.41) is 5.26. The molecule has 1 aliphatic rings. The maximum atomic E-state index is 12.8. The largest absolute Gasteiger partial charge is 0.384 e. The molecule has 2 heterocycles. The summed E-state index contributed by atoms with van der Waals surface area (Å²) in [6.07, 6.45) is 4.53. The molecule has 0 amide bonds. The lowest BCUT2D eigenvalue weighted by atomic mass is 9.97. The molecule has 0 fully saturated rings. The zero-order chi connectivity index (χ0) is 14.2. The Balaban J connectivity index is 1.83. The lowest BCUT2D eigenvalue weighted by molar-refractivity contribution is 0.104. The molecule has 1 N–H and O–H groups in total. The van der Waals surface area contributed by atoms with Crippen molar-refractivity contribution >= 4 is 22.2 Å². The molecule has 3 nitrogen and oxygen atoms in total. The Morgan fingerprint density at radius 2 is 2.10 bits per heavy atom. The van der Waals surface area contributed by atoms with Crippen LogP contribution < -0.4 is 5.32 Å².